The van der Waals surface area contributed by atoms with Gasteiger partial charge in [-0.05, 0) is 17.7 Å². The van der Waals surface area contributed by atoms with Crippen LogP contribution in [0.4, 0.5) is 8.78 Å². The van der Waals surface area contributed by atoms with Crippen LogP contribution in [0.2, 0.25) is 0 Å². The Morgan fingerprint density at radius 1 is 1.29 bits per heavy atom. The molecule has 2 aromatic rings. The second-order valence-electron chi connectivity index (χ2n) is 5.26. The topological polar surface area (TPSA) is 81.4 Å². The van der Waals surface area contributed by atoms with E-state index in [4.69, 9.17) is 0 Å². The van der Waals surface area contributed by atoms with E-state index in [1.807, 2.05) is 0 Å². The van der Waals surface area contributed by atoms with Crippen molar-refractivity contribution >= 4 is 5.97 Å². The molecule has 0 spiro atoms. The summed E-state index contributed by atoms with van der Waals surface area (Å²) >= 11 is 0. The van der Waals surface area contributed by atoms with Gasteiger partial charge in [-0.2, -0.15) is 5.10 Å². The predicted molar refractivity (Wildman–Crippen MR) is 81.4 cm³/mol. The summed E-state index contributed by atoms with van der Waals surface area (Å²) in [5.74, 6) is -2.79. The Morgan fingerprint density at radius 2 is 1.92 bits per heavy atom. The van der Waals surface area contributed by atoms with Crippen molar-refractivity contribution in [1.29, 1.82) is 0 Å². The number of ether oxygens (including phenoxy) is 1. The van der Waals surface area contributed by atoms with Gasteiger partial charge in [-0.1, -0.05) is 6.92 Å². The maximum atomic E-state index is 13.5. The zero-order valence-corrected chi connectivity index (χ0v) is 13.1. The third kappa shape index (κ3) is 3.83. The Kier molecular flexibility index (Phi) is 5.40. The summed E-state index contributed by atoms with van der Waals surface area (Å²) in [7, 11) is 1.18. The highest BCUT2D eigenvalue weighted by Crippen LogP contribution is 2.27. The molecule has 0 saturated carbocycles. The van der Waals surface area contributed by atoms with Crippen molar-refractivity contribution < 1.29 is 23.4 Å². The van der Waals surface area contributed by atoms with Gasteiger partial charge in [0.25, 0.3) is 5.56 Å². The highest BCUT2D eigenvalue weighted by Gasteiger charge is 2.18. The lowest BCUT2D eigenvalue weighted by atomic mass is 9.97. The zero-order valence-electron chi connectivity index (χ0n) is 13.1. The van der Waals surface area contributed by atoms with Gasteiger partial charge < -0.3 is 9.84 Å². The Morgan fingerprint density at radius 3 is 2.46 bits per heavy atom. The molecule has 1 heterocycles. The third-order valence-electron chi connectivity index (χ3n) is 3.45. The van der Waals surface area contributed by atoms with Crippen LogP contribution in [-0.2, 0) is 16.1 Å². The summed E-state index contributed by atoms with van der Waals surface area (Å²) in [4.78, 5) is 23.5. The smallest absolute Gasteiger partial charge is 0.327 e. The molecule has 1 unspecified atom stereocenters. The third-order valence-corrected chi connectivity index (χ3v) is 3.45. The normalized spacial score (nSPS) is 12.0. The maximum Gasteiger partial charge on any atom is 0.327 e. The molecule has 0 aliphatic rings. The first-order valence-corrected chi connectivity index (χ1v) is 7.12. The van der Waals surface area contributed by atoms with Crippen molar-refractivity contribution in [2.45, 2.75) is 19.4 Å². The fourth-order valence-corrected chi connectivity index (χ4v) is 2.20. The number of hydrogen-bond donors (Lipinski definition) is 1. The molecule has 0 radical (unpaired) electrons. The molecule has 1 aromatic carbocycles. The SMILES string of the molecule is COC(=O)Cn1nc(C(C)CO)c(-c2cc(F)cc(F)c2)cc1=O. The molecule has 1 N–H and O–H groups in total. The van der Waals surface area contributed by atoms with E-state index in [0.717, 1.165) is 22.9 Å². The molecule has 24 heavy (non-hydrogen) atoms. The van der Waals surface area contributed by atoms with Crippen LogP contribution in [-0.4, -0.2) is 34.6 Å². The number of benzene rings is 1. The summed E-state index contributed by atoms with van der Waals surface area (Å²) < 4.78 is 32.3. The second-order valence-corrected chi connectivity index (χ2v) is 5.26. The molecule has 0 aliphatic heterocycles. The number of methoxy groups -OCH3 is 1. The minimum Gasteiger partial charge on any atom is -0.468 e. The lowest BCUT2D eigenvalue weighted by molar-refractivity contribution is -0.141. The lowest BCUT2D eigenvalue weighted by Crippen LogP contribution is -2.29. The quantitative estimate of drug-likeness (QED) is 0.835. The van der Waals surface area contributed by atoms with Crippen molar-refractivity contribution in [2.24, 2.45) is 0 Å². The maximum absolute atomic E-state index is 13.5. The van der Waals surface area contributed by atoms with Crippen LogP contribution in [0.15, 0.2) is 29.1 Å². The van der Waals surface area contributed by atoms with Gasteiger partial charge in [0.05, 0.1) is 19.4 Å². The van der Waals surface area contributed by atoms with Crippen molar-refractivity contribution in [2.75, 3.05) is 13.7 Å². The monoisotopic (exact) mass is 338 g/mol. The van der Waals surface area contributed by atoms with Gasteiger partial charge in [-0.25, -0.2) is 13.5 Å². The fourth-order valence-electron chi connectivity index (χ4n) is 2.20. The molecule has 6 nitrogen and oxygen atoms in total. The highest BCUT2D eigenvalue weighted by atomic mass is 19.1. The van der Waals surface area contributed by atoms with Crippen LogP contribution < -0.4 is 5.56 Å². The summed E-state index contributed by atoms with van der Waals surface area (Å²) in [5.41, 5.74) is -0.0707. The molecular formula is C16H16F2N2O4. The van der Waals surface area contributed by atoms with Crippen LogP contribution in [0.5, 0.6) is 0 Å². The molecule has 128 valence electrons. The minimum atomic E-state index is -0.800. The van der Waals surface area contributed by atoms with E-state index in [-0.39, 0.29) is 23.4 Å². The number of rotatable bonds is 5. The van der Waals surface area contributed by atoms with Gasteiger partial charge in [-0.15, -0.1) is 0 Å². The molecule has 0 amide bonds. The molecule has 1 aromatic heterocycles. The number of aliphatic hydroxyl groups is 1. The van der Waals surface area contributed by atoms with Crippen molar-refractivity contribution in [3.8, 4) is 11.1 Å². The largest absolute Gasteiger partial charge is 0.468 e. The van der Waals surface area contributed by atoms with Gasteiger partial charge in [0, 0.05) is 23.6 Å². The Balaban J connectivity index is 2.64. The van der Waals surface area contributed by atoms with E-state index < -0.39 is 35.6 Å². The van der Waals surface area contributed by atoms with E-state index in [1.54, 1.807) is 6.92 Å². The van der Waals surface area contributed by atoms with E-state index in [1.165, 1.54) is 7.11 Å². The first-order valence-electron chi connectivity index (χ1n) is 7.12. The number of esters is 1. The molecule has 0 fully saturated rings. The van der Waals surface area contributed by atoms with E-state index in [9.17, 15) is 23.5 Å². The number of carbonyl (C=O) groups excluding carboxylic acids is 1. The molecule has 1 atom stereocenters. The molecule has 0 bridgehead atoms. The summed E-state index contributed by atoms with van der Waals surface area (Å²) in [6.07, 6.45) is 0. The summed E-state index contributed by atoms with van der Waals surface area (Å²) in [5, 5.41) is 13.5. The number of hydrogen-bond acceptors (Lipinski definition) is 5. The van der Waals surface area contributed by atoms with Crippen LogP contribution >= 0.6 is 0 Å². The molecule has 0 aliphatic carbocycles. The standard InChI is InChI=1S/C16H16F2N2O4/c1-9(8-21)16-13(10-3-11(17)5-12(18)4-10)6-14(22)20(19-16)7-15(23)24-2/h3-6,9,21H,7-8H2,1-2H3. The van der Waals surface area contributed by atoms with Crippen LogP contribution in [0.3, 0.4) is 0 Å². The van der Waals surface area contributed by atoms with Crippen LogP contribution in [0.1, 0.15) is 18.5 Å². The van der Waals surface area contributed by atoms with E-state index in [0.29, 0.717) is 6.07 Å². The second kappa shape index (κ2) is 7.31. The fraction of sp³-hybridized carbons (Fsp3) is 0.312. The number of aliphatic hydroxyl groups excluding tert-OH is 1. The summed E-state index contributed by atoms with van der Waals surface area (Å²) in [6, 6.07) is 3.98. The van der Waals surface area contributed by atoms with E-state index in [2.05, 4.69) is 9.84 Å². The lowest BCUT2D eigenvalue weighted by Gasteiger charge is -2.15. The zero-order chi connectivity index (χ0) is 17.9. The Bertz CT molecular complexity index is 800. The first-order chi connectivity index (χ1) is 11.3. The predicted octanol–water partition coefficient (Wildman–Crippen LogP) is 1.46. The van der Waals surface area contributed by atoms with Crippen LogP contribution in [0.25, 0.3) is 11.1 Å². The number of halogens is 2. The number of carbonyl (C=O) groups is 1. The van der Waals surface area contributed by atoms with Gasteiger partial charge in [0.2, 0.25) is 0 Å². The van der Waals surface area contributed by atoms with Crippen LogP contribution in [0, 0.1) is 11.6 Å². The minimum absolute atomic E-state index is 0.123. The van der Waals surface area contributed by atoms with Crippen molar-refractivity contribution in [3.63, 3.8) is 0 Å². The van der Waals surface area contributed by atoms with Gasteiger partial charge >= 0.3 is 5.97 Å². The molecule has 0 saturated heterocycles. The molecule has 8 heteroatoms. The van der Waals surface area contributed by atoms with Gasteiger partial charge in [0.15, 0.2) is 0 Å². The van der Waals surface area contributed by atoms with Crippen molar-refractivity contribution in [1.82, 2.24) is 9.78 Å². The van der Waals surface area contributed by atoms with Crippen molar-refractivity contribution in [3.05, 3.63) is 51.9 Å². The average molecular weight is 338 g/mol. The Hall–Kier alpha value is -2.61. The van der Waals surface area contributed by atoms with Gasteiger partial charge in [0.1, 0.15) is 18.2 Å². The van der Waals surface area contributed by atoms with Gasteiger partial charge in [-0.3, -0.25) is 9.59 Å². The first kappa shape index (κ1) is 17.7. The molecular weight excluding hydrogens is 322 g/mol. The number of nitrogens with zero attached hydrogens (tertiary/aromatic N) is 2. The summed E-state index contributed by atoms with van der Waals surface area (Å²) in [6.45, 7) is 0.931. The Labute approximate surface area is 136 Å². The average Bonchev–Trinajstić information content (AvgIpc) is 2.54. The highest BCUT2D eigenvalue weighted by molar-refractivity contribution is 5.69. The van der Waals surface area contributed by atoms with E-state index >= 15 is 0 Å². The molecule has 2 rings (SSSR count). The number of aromatic nitrogens is 2.